The van der Waals surface area contributed by atoms with Crippen LogP contribution in [0.25, 0.3) is 0 Å². The molecule has 4 heteroatoms. The summed E-state index contributed by atoms with van der Waals surface area (Å²) in [5, 5.41) is 0.262. The Kier molecular flexibility index (Phi) is 1.69. The van der Waals surface area contributed by atoms with E-state index in [-0.39, 0.29) is 5.25 Å². The van der Waals surface area contributed by atoms with E-state index < -0.39 is 3.67 Å². The first-order chi connectivity index (χ1) is 3.17. The normalized spacial score (nSPS) is 35.6. The molecule has 0 saturated carbocycles. The summed E-state index contributed by atoms with van der Waals surface area (Å²) in [6.45, 7) is 0. The molecule has 1 fully saturated rings. The molecule has 0 bridgehead atoms. The molecule has 1 aliphatic heterocycles. The summed E-state index contributed by atoms with van der Waals surface area (Å²) in [5.74, 6) is 0.553. The predicted octanol–water partition coefficient (Wildman–Crippen LogP) is 2.47. The molecular weight excluding hydrogens is 174 g/mol. The molecule has 0 aliphatic carbocycles. The highest BCUT2D eigenvalue weighted by atomic mass is 35.5. The maximum absolute atomic E-state index is 5.55. The Morgan fingerprint density at radius 2 is 2.00 bits per heavy atom. The van der Waals surface area contributed by atoms with E-state index in [1.165, 1.54) is 11.8 Å². The van der Waals surface area contributed by atoms with Gasteiger partial charge in [0.25, 0.3) is 0 Å². The van der Waals surface area contributed by atoms with E-state index in [0.29, 0.717) is 5.88 Å². The van der Waals surface area contributed by atoms with E-state index in [4.69, 9.17) is 34.8 Å². The Hall–Kier alpha value is 1.22. The third-order valence-electron chi connectivity index (χ3n) is 0.757. The number of rotatable bonds is 1. The van der Waals surface area contributed by atoms with Gasteiger partial charge in [0, 0.05) is 5.88 Å². The SMILES string of the molecule is ClCC1SC1(Cl)Cl. The predicted molar refractivity (Wildman–Crippen MR) is 36.5 cm³/mol. The van der Waals surface area contributed by atoms with E-state index in [9.17, 15) is 0 Å². The Morgan fingerprint density at radius 3 is 2.00 bits per heavy atom. The molecule has 1 saturated heterocycles. The summed E-state index contributed by atoms with van der Waals surface area (Å²) in [6.07, 6.45) is 0. The first-order valence-electron chi connectivity index (χ1n) is 1.78. The minimum atomic E-state index is -0.554. The van der Waals surface area contributed by atoms with Crippen molar-refractivity contribution in [1.29, 1.82) is 0 Å². The fourth-order valence-electron chi connectivity index (χ4n) is 0.277. The van der Waals surface area contributed by atoms with Crippen molar-refractivity contribution in [1.82, 2.24) is 0 Å². The molecule has 7 heavy (non-hydrogen) atoms. The zero-order valence-electron chi connectivity index (χ0n) is 3.33. The summed E-state index contributed by atoms with van der Waals surface area (Å²) in [6, 6.07) is 0. The molecule has 0 aromatic rings. The van der Waals surface area contributed by atoms with E-state index >= 15 is 0 Å². The van der Waals surface area contributed by atoms with Crippen LogP contribution in [0.15, 0.2) is 0 Å². The summed E-state index contributed by atoms with van der Waals surface area (Å²) in [4.78, 5) is 0. The first-order valence-corrected chi connectivity index (χ1v) is 3.95. The van der Waals surface area contributed by atoms with Crippen LogP contribution in [-0.2, 0) is 0 Å². The monoisotopic (exact) mass is 176 g/mol. The third-order valence-corrected chi connectivity index (χ3v) is 3.72. The van der Waals surface area contributed by atoms with Gasteiger partial charge in [-0.15, -0.1) is 23.4 Å². The summed E-state index contributed by atoms with van der Waals surface area (Å²) < 4.78 is -0.554. The molecule has 1 aliphatic rings. The lowest BCUT2D eigenvalue weighted by Gasteiger charge is -1.85. The van der Waals surface area contributed by atoms with Crippen LogP contribution in [-0.4, -0.2) is 14.8 Å². The van der Waals surface area contributed by atoms with Crippen molar-refractivity contribution in [2.75, 3.05) is 5.88 Å². The fourth-order valence-corrected chi connectivity index (χ4v) is 2.20. The zero-order chi connectivity index (χ0) is 5.49. The van der Waals surface area contributed by atoms with E-state index in [2.05, 4.69) is 0 Å². The molecule has 0 amide bonds. The van der Waals surface area contributed by atoms with Crippen molar-refractivity contribution < 1.29 is 0 Å². The van der Waals surface area contributed by atoms with Gasteiger partial charge in [0.1, 0.15) is 0 Å². The summed E-state index contributed by atoms with van der Waals surface area (Å²) >= 11 is 18.0. The molecule has 1 rings (SSSR count). The minimum absolute atomic E-state index is 0.262. The zero-order valence-corrected chi connectivity index (χ0v) is 6.41. The highest BCUT2D eigenvalue weighted by molar-refractivity contribution is 8.12. The number of halogens is 3. The van der Waals surface area contributed by atoms with E-state index in [1.54, 1.807) is 0 Å². The maximum Gasteiger partial charge on any atom is 0.176 e. The standard InChI is InChI=1S/C3H3Cl3S/c4-1-2-3(5,6)7-2/h2H,1H2. The number of alkyl halides is 3. The largest absolute Gasteiger partial charge is 0.176 e. The second-order valence-corrected chi connectivity index (χ2v) is 4.91. The van der Waals surface area contributed by atoms with Gasteiger partial charge >= 0.3 is 0 Å². The van der Waals surface area contributed by atoms with Gasteiger partial charge in [-0.25, -0.2) is 0 Å². The quantitative estimate of drug-likeness (QED) is 0.438. The van der Waals surface area contributed by atoms with E-state index in [0.717, 1.165) is 0 Å². The van der Waals surface area contributed by atoms with Gasteiger partial charge in [-0.1, -0.05) is 23.2 Å². The Morgan fingerprint density at radius 1 is 1.57 bits per heavy atom. The number of thioether (sulfide) groups is 1. The number of hydrogen-bond acceptors (Lipinski definition) is 1. The van der Waals surface area contributed by atoms with Crippen LogP contribution >= 0.6 is 46.6 Å². The second-order valence-electron chi connectivity index (χ2n) is 1.32. The summed E-state index contributed by atoms with van der Waals surface area (Å²) in [7, 11) is 0. The van der Waals surface area contributed by atoms with Crippen LogP contribution in [0, 0.1) is 0 Å². The minimum Gasteiger partial charge on any atom is -0.125 e. The number of hydrogen-bond donors (Lipinski definition) is 0. The lowest BCUT2D eigenvalue weighted by molar-refractivity contribution is 1.15. The van der Waals surface area contributed by atoms with Crippen LogP contribution in [0.4, 0.5) is 0 Å². The Bertz CT molecular complexity index is 82.2. The molecule has 0 radical (unpaired) electrons. The Labute approximate surface area is 61.5 Å². The molecule has 42 valence electrons. The van der Waals surface area contributed by atoms with Crippen molar-refractivity contribution in [2.24, 2.45) is 0 Å². The van der Waals surface area contributed by atoms with Crippen LogP contribution in [0.1, 0.15) is 0 Å². The average Bonchev–Trinajstić information content (AvgIpc) is 2.13. The van der Waals surface area contributed by atoms with Crippen LogP contribution in [0.3, 0.4) is 0 Å². The van der Waals surface area contributed by atoms with Crippen molar-refractivity contribution in [2.45, 2.75) is 8.92 Å². The van der Waals surface area contributed by atoms with Gasteiger partial charge < -0.3 is 0 Å². The average molecular weight is 177 g/mol. The van der Waals surface area contributed by atoms with Gasteiger partial charge in [0.05, 0.1) is 5.25 Å². The second kappa shape index (κ2) is 1.87. The molecule has 0 spiro atoms. The van der Waals surface area contributed by atoms with Gasteiger partial charge in [-0.2, -0.15) is 0 Å². The third kappa shape index (κ3) is 1.32. The van der Waals surface area contributed by atoms with Crippen molar-refractivity contribution in [3.8, 4) is 0 Å². The molecule has 0 N–H and O–H groups in total. The lowest BCUT2D eigenvalue weighted by Crippen LogP contribution is -1.95. The van der Waals surface area contributed by atoms with Crippen LogP contribution < -0.4 is 0 Å². The van der Waals surface area contributed by atoms with Crippen LogP contribution in [0.2, 0.25) is 0 Å². The molecule has 0 nitrogen and oxygen atoms in total. The molecular formula is C3H3Cl3S. The van der Waals surface area contributed by atoms with Gasteiger partial charge in [0.2, 0.25) is 0 Å². The Balaban J connectivity index is 2.30. The fraction of sp³-hybridized carbons (Fsp3) is 1.00. The molecule has 1 atom stereocenters. The van der Waals surface area contributed by atoms with Crippen molar-refractivity contribution in [3.63, 3.8) is 0 Å². The molecule has 1 unspecified atom stereocenters. The molecule has 1 heterocycles. The van der Waals surface area contributed by atoms with Crippen molar-refractivity contribution >= 4 is 46.6 Å². The topological polar surface area (TPSA) is 0 Å². The molecule has 0 aromatic heterocycles. The highest BCUT2D eigenvalue weighted by Gasteiger charge is 2.52. The maximum atomic E-state index is 5.55. The molecule has 0 aromatic carbocycles. The highest BCUT2D eigenvalue weighted by Crippen LogP contribution is 2.60. The van der Waals surface area contributed by atoms with Crippen LogP contribution in [0.5, 0.6) is 0 Å². The first kappa shape index (κ1) is 6.34. The van der Waals surface area contributed by atoms with Gasteiger partial charge in [-0.3, -0.25) is 0 Å². The van der Waals surface area contributed by atoms with E-state index in [1.807, 2.05) is 0 Å². The van der Waals surface area contributed by atoms with Gasteiger partial charge in [0.15, 0.2) is 3.67 Å². The summed E-state index contributed by atoms with van der Waals surface area (Å²) in [5.41, 5.74) is 0. The van der Waals surface area contributed by atoms with Crippen molar-refractivity contribution in [3.05, 3.63) is 0 Å². The lowest BCUT2D eigenvalue weighted by atomic mass is 10.6. The van der Waals surface area contributed by atoms with Gasteiger partial charge in [-0.05, 0) is 0 Å². The smallest absolute Gasteiger partial charge is 0.125 e.